The van der Waals surface area contributed by atoms with E-state index in [1.165, 1.54) is 0 Å². The summed E-state index contributed by atoms with van der Waals surface area (Å²) in [5.41, 5.74) is 7.19. The minimum atomic E-state index is -0.0805. The molecule has 0 amide bonds. The Morgan fingerprint density at radius 3 is 2.75 bits per heavy atom. The number of nitrogens with two attached hydrogens (primary N) is 1. The molecule has 6 nitrogen and oxygen atoms in total. The third-order valence-electron chi connectivity index (χ3n) is 3.48. The van der Waals surface area contributed by atoms with Crippen LogP contribution in [0.15, 0.2) is 22.7 Å². The second-order valence-corrected chi connectivity index (χ2v) is 4.91. The number of nitrogens with zero attached hydrogens (tertiary/aromatic N) is 2. The first kappa shape index (κ1) is 12.9. The number of methoxy groups -OCH3 is 2. The predicted molar refractivity (Wildman–Crippen MR) is 73.2 cm³/mol. The molecular formula is C14H17N3O3. The smallest absolute Gasteiger partial charge is 0.258 e. The van der Waals surface area contributed by atoms with Crippen molar-refractivity contribution in [1.82, 2.24) is 10.1 Å². The molecule has 1 aliphatic rings. The average molecular weight is 275 g/mol. The number of hydrogen-bond acceptors (Lipinski definition) is 6. The van der Waals surface area contributed by atoms with E-state index in [-0.39, 0.29) is 6.10 Å². The fourth-order valence-electron chi connectivity index (χ4n) is 2.24. The van der Waals surface area contributed by atoms with E-state index in [2.05, 4.69) is 10.1 Å². The molecule has 2 N–H and O–H groups in total. The summed E-state index contributed by atoms with van der Waals surface area (Å²) < 4.78 is 15.9. The quantitative estimate of drug-likeness (QED) is 0.844. The normalized spacial score (nSPS) is 16.1. The van der Waals surface area contributed by atoms with Gasteiger partial charge >= 0.3 is 0 Å². The lowest BCUT2D eigenvalue weighted by Crippen LogP contribution is -2.05. The topological polar surface area (TPSA) is 83.4 Å². The molecule has 6 heteroatoms. The summed E-state index contributed by atoms with van der Waals surface area (Å²) in [4.78, 5) is 4.41. The molecule has 1 aliphatic carbocycles. The van der Waals surface area contributed by atoms with Crippen molar-refractivity contribution in [3.8, 4) is 17.2 Å². The molecule has 1 unspecified atom stereocenters. The summed E-state index contributed by atoms with van der Waals surface area (Å²) in [6, 6.07) is 5.38. The van der Waals surface area contributed by atoms with Gasteiger partial charge in [-0.2, -0.15) is 4.98 Å². The summed E-state index contributed by atoms with van der Waals surface area (Å²) in [7, 11) is 3.25. The summed E-state index contributed by atoms with van der Waals surface area (Å²) in [5, 5.41) is 4.01. The van der Waals surface area contributed by atoms with Crippen LogP contribution in [-0.4, -0.2) is 24.4 Å². The number of aromatic nitrogens is 2. The molecule has 20 heavy (non-hydrogen) atoms. The molecule has 0 saturated heterocycles. The highest BCUT2D eigenvalue weighted by Gasteiger charge is 2.35. The monoisotopic (exact) mass is 275 g/mol. The van der Waals surface area contributed by atoms with Gasteiger partial charge in [-0.1, -0.05) is 5.16 Å². The van der Waals surface area contributed by atoms with Crippen molar-refractivity contribution in [1.29, 1.82) is 0 Å². The van der Waals surface area contributed by atoms with E-state index in [1.807, 2.05) is 6.07 Å². The van der Waals surface area contributed by atoms with E-state index in [0.29, 0.717) is 29.1 Å². The molecule has 1 aromatic carbocycles. The van der Waals surface area contributed by atoms with Gasteiger partial charge in [-0.25, -0.2) is 0 Å². The van der Waals surface area contributed by atoms with Gasteiger partial charge < -0.3 is 19.7 Å². The van der Waals surface area contributed by atoms with Gasteiger partial charge in [-0.15, -0.1) is 0 Å². The van der Waals surface area contributed by atoms with Crippen LogP contribution in [0.3, 0.4) is 0 Å². The average Bonchev–Trinajstić information content (AvgIpc) is 3.16. The van der Waals surface area contributed by atoms with Gasteiger partial charge in [-0.05, 0) is 37.0 Å². The van der Waals surface area contributed by atoms with Gasteiger partial charge in [0.25, 0.3) is 5.89 Å². The molecule has 1 saturated carbocycles. The maximum Gasteiger partial charge on any atom is 0.258 e. The van der Waals surface area contributed by atoms with Crippen molar-refractivity contribution in [3.05, 3.63) is 24.0 Å². The van der Waals surface area contributed by atoms with Crippen molar-refractivity contribution in [2.45, 2.75) is 18.9 Å². The summed E-state index contributed by atoms with van der Waals surface area (Å²) in [6.07, 6.45) is 2.22. The Morgan fingerprint density at radius 2 is 2.15 bits per heavy atom. The Morgan fingerprint density at radius 1 is 1.35 bits per heavy atom. The maximum absolute atomic E-state index is 5.88. The summed E-state index contributed by atoms with van der Waals surface area (Å²) >= 11 is 0. The summed E-state index contributed by atoms with van der Waals surface area (Å²) in [5.74, 6) is 2.17. The molecule has 2 aromatic rings. The van der Waals surface area contributed by atoms with E-state index >= 15 is 0 Å². The minimum Gasteiger partial charge on any atom is -0.495 e. The third-order valence-corrected chi connectivity index (χ3v) is 3.48. The van der Waals surface area contributed by atoms with E-state index in [4.69, 9.17) is 19.7 Å². The number of anilines is 1. The number of nitrogen functional groups attached to an aromatic ring is 1. The van der Waals surface area contributed by atoms with Crippen LogP contribution >= 0.6 is 0 Å². The zero-order valence-corrected chi connectivity index (χ0v) is 11.5. The van der Waals surface area contributed by atoms with E-state index in [0.717, 1.165) is 18.4 Å². The number of ether oxygens (including phenoxy) is 2. The molecule has 0 spiro atoms. The van der Waals surface area contributed by atoms with Crippen LogP contribution < -0.4 is 10.5 Å². The van der Waals surface area contributed by atoms with Crippen molar-refractivity contribution in [2.75, 3.05) is 20.0 Å². The van der Waals surface area contributed by atoms with Gasteiger partial charge in [0.2, 0.25) is 5.82 Å². The fourth-order valence-corrected chi connectivity index (χ4v) is 2.24. The predicted octanol–water partition coefficient (Wildman–Crippen LogP) is 2.42. The minimum absolute atomic E-state index is 0.0805. The largest absolute Gasteiger partial charge is 0.495 e. The van der Waals surface area contributed by atoms with Gasteiger partial charge in [0.05, 0.1) is 12.8 Å². The van der Waals surface area contributed by atoms with Crippen molar-refractivity contribution in [2.24, 2.45) is 5.92 Å². The Bertz CT molecular complexity index is 607. The summed E-state index contributed by atoms with van der Waals surface area (Å²) in [6.45, 7) is 0. The van der Waals surface area contributed by atoms with Gasteiger partial charge in [0.1, 0.15) is 11.9 Å². The van der Waals surface area contributed by atoms with Crippen LogP contribution in [0.4, 0.5) is 5.69 Å². The fraction of sp³-hybridized carbons (Fsp3) is 0.429. The SMILES string of the molecule is COc1ccc(-c2nc(C(OC)C3CC3)no2)cc1N. The lowest BCUT2D eigenvalue weighted by molar-refractivity contribution is 0.0751. The van der Waals surface area contributed by atoms with Gasteiger partial charge in [-0.3, -0.25) is 0 Å². The highest BCUT2D eigenvalue weighted by atomic mass is 16.5. The van der Waals surface area contributed by atoms with Crippen LogP contribution in [-0.2, 0) is 4.74 Å². The molecule has 1 heterocycles. The molecule has 3 rings (SSSR count). The molecule has 0 radical (unpaired) electrons. The highest BCUT2D eigenvalue weighted by molar-refractivity contribution is 5.65. The third kappa shape index (κ3) is 2.34. The van der Waals surface area contributed by atoms with Crippen LogP contribution in [0.5, 0.6) is 5.75 Å². The zero-order valence-electron chi connectivity index (χ0n) is 11.5. The van der Waals surface area contributed by atoms with Gasteiger partial charge in [0.15, 0.2) is 0 Å². The molecule has 0 bridgehead atoms. The zero-order chi connectivity index (χ0) is 14.1. The van der Waals surface area contributed by atoms with Gasteiger partial charge in [0, 0.05) is 12.7 Å². The van der Waals surface area contributed by atoms with Crippen molar-refractivity contribution < 1.29 is 14.0 Å². The van der Waals surface area contributed by atoms with Crippen molar-refractivity contribution in [3.63, 3.8) is 0 Å². The Labute approximate surface area is 116 Å². The van der Waals surface area contributed by atoms with E-state index in [9.17, 15) is 0 Å². The highest BCUT2D eigenvalue weighted by Crippen LogP contribution is 2.42. The maximum atomic E-state index is 5.88. The standard InChI is InChI=1S/C14H17N3O3/c1-18-11-6-5-9(7-10(11)15)14-16-13(17-20-14)12(19-2)8-3-4-8/h5-8,12H,3-4,15H2,1-2H3. The molecule has 0 aliphatic heterocycles. The second-order valence-electron chi connectivity index (χ2n) is 4.91. The van der Waals surface area contributed by atoms with Crippen LogP contribution in [0.2, 0.25) is 0 Å². The van der Waals surface area contributed by atoms with Crippen LogP contribution in [0.1, 0.15) is 24.8 Å². The van der Waals surface area contributed by atoms with E-state index < -0.39 is 0 Å². The second kappa shape index (κ2) is 5.13. The van der Waals surface area contributed by atoms with Crippen LogP contribution in [0.25, 0.3) is 11.5 Å². The van der Waals surface area contributed by atoms with Crippen molar-refractivity contribution >= 4 is 5.69 Å². The lowest BCUT2D eigenvalue weighted by Gasteiger charge is -2.08. The molecular weight excluding hydrogens is 258 g/mol. The Kier molecular flexibility index (Phi) is 3.31. The number of rotatable bonds is 5. The Hall–Kier alpha value is -2.08. The van der Waals surface area contributed by atoms with Crippen LogP contribution in [0, 0.1) is 5.92 Å². The molecule has 1 atom stereocenters. The first-order valence-corrected chi connectivity index (χ1v) is 6.53. The molecule has 106 valence electrons. The Balaban J connectivity index is 1.87. The number of hydrogen-bond donors (Lipinski definition) is 1. The first-order chi connectivity index (χ1) is 9.72. The number of benzene rings is 1. The molecule has 1 fully saturated rings. The van der Waals surface area contributed by atoms with E-state index in [1.54, 1.807) is 26.4 Å². The lowest BCUT2D eigenvalue weighted by atomic mass is 10.2. The molecule has 1 aromatic heterocycles. The first-order valence-electron chi connectivity index (χ1n) is 6.53.